The average Bonchev–Trinajstić information content (AvgIpc) is 3.25. The maximum Gasteiger partial charge on any atom is 0.241 e. The Morgan fingerprint density at radius 1 is 1.14 bits per heavy atom. The molecular weight excluding hydrogens is 557 g/mol. The summed E-state index contributed by atoms with van der Waals surface area (Å²) in [5, 5.41) is 9.55. The third-order valence-electron chi connectivity index (χ3n) is 6.07. The molecule has 0 saturated carbocycles. The fourth-order valence-electron chi connectivity index (χ4n) is 4.22. The van der Waals surface area contributed by atoms with Crippen LogP contribution in [0.5, 0.6) is 0 Å². The number of hydrogen-bond donors (Lipinski definition) is 0. The van der Waals surface area contributed by atoms with Gasteiger partial charge < -0.3 is 9.47 Å². The van der Waals surface area contributed by atoms with Gasteiger partial charge in [-0.15, -0.1) is 24.8 Å². The molecule has 37 heavy (non-hydrogen) atoms. The molecule has 1 aliphatic heterocycles. The molecule has 0 aliphatic carbocycles. The van der Waals surface area contributed by atoms with Crippen molar-refractivity contribution in [1.82, 2.24) is 14.5 Å². The molecule has 12 heteroatoms. The summed E-state index contributed by atoms with van der Waals surface area (Å²) in [6.07, 6.45) is 5.22. The third kappa shape index (κ3) is 8.19. The molecule has 0 N–H and O–H groups in total. The van der Waals surface area contributed by atoms with Gasteiger partial charge in [0.1, 0.15) is 15.7 Å². The molecule has 0 unspecified atom stereocenters. The standard InChI is InChI=1S/C25H26ClN5O3S.2ClH/c1-35(33,34)12-9-23-16-31(22-4-2-3-21(26)13-22)25(32)18-30(23)17-24-28-10-11-29(24)15-20-7-5-19(14-27)6-8-20;;/h2-8,10-11,13,23H,9,12,15-18H2,1H3;2*1H/t23-;;/m0../s1. The van der Waals surface area contributed by atoms with E-state index in [4.69, 9.17) is 16.9 Å². The number of carbonyl (C=O) groups is 1. The van der Waals surface area contributed by atoms with Gasteiger partial charge in [-0.3, -0.25) is 9.69 Å². The second-order valence-corrected chi connectivity index (χ2v) is 11.4. The summed E-state index contributed by atoms with van der Waals surface area (Å²) in [4.78, 5) is 21.3. The van der Waals surface area contributed by atoms with Crippen LogP contribution in [0.3, 0.4) is 0 Å². The number of aromatic nitrogens is 2. The van der Waals surface area contributed by atoms with Crippen LogP contribution < -0.4 is 4.90 Å². The molecule has 2 heterocycles. The zero-order valence-corrected chi connectivity index (χ0v) is 23.4. The molecule has 0 spiro atoms. The fraction of sp³-hybridized carbons (Fsp3) is 0.320. The molecule has 2 aromatic carbocycles. The largest absolute Gasteiger partial charge is 0.329 e. The molecule has 1 fully saturated rings. The molecule has 1 aromatic heterocycles. The fourth-order valence-corrected chi connectivity index (χ4v) is 5.10. The molecule has 4 rings (SSSR count). The molecule has 1 atom stereocenters. The van der Waals surface area contributed by atoms with Crippen LogP contribution in [-0.4, -0.2) is 59.9 Å². The van der Waals surface area contributed by atoms with E-state index in [1.54, 1.807) is 41.4 Å². The summed E-state index contributed by atoms with van der Waals surface area (Å²) in [6, 6.07) is 16.4. The maximum absolute atomic E-state index is 13.1. The van der Waals surface area contributed by atoms with Crippen molar-refractivity contribution in [3.8, 4) is 6.07 Å². The zero-order chi connectivity index (χ0) is 25.0. The number of nitrogens with zero attached hydrogens (tertiary/aromatic N) is 5. The third-order valence-corrected chi connectivity index (χ3v) is 7.29. The smallest absolute Gasteiger partial charge is 0.241 e. The van der Waals surface area contributed by atoms with Gasteiger partial charge in [0.05, 0.1) is 30.5 Å². The second kappa shape index (κ2) is 13.3. The minimum absolute atomic E-state index is 0. The van der Waals surface area contributed by atoms with E-state index in [1.165, 1.54) is 6.26 Å². The molecule has 0 radical (unpaired) electrons. The SMILES string of the molecule is CS(=O)(=O)CC[C@H]1CN(c2cccc(Cl)c2)C(=O)CN1Cc1nccn1Cc1ccc(C#N)cc1.Cl.Cl. The van der Waals surface area contributed by atoms with Gasteiger partial charge in [-0.05, 0) is 42.3 Å². The van der Waals surface area contributed by atoms with E-state index in [9.17, 15) is 13.2 Å². The van der Waals surface area contributed by atoms with Crippen molar-refractivity contribution in [2.45, 2.75) is 25.6 Å². The van der Waals surface area contributed by atoms with E-state index >= 15 is 0 Å². The number of nitriles is 1. The van der Waals surface area contributed by atoms with Crippen molar-refractivity contribution in [1.29, 1.82) is 5.26 Å². The number of benzene rings is 2. The Bertz CT molecular complexity index is 1360. The minimum atomic E-state index is -3.16. The average molecular weight is 585 g/mol. The number of piperazine rings is 1. The highest BCUT2D eigenvalue weighted by Gasteiger charge is 2.34. The molecule has 3 aromatic rings. The lowest BCUT2D eigenvalue weighted by Gasteiger charge is -2.41. The summed E-state index contributed by atoms with van der Waals surface area (Å²) < 4.78 is 25.8. The molecule has 8 nitrogen and oxygen atoms in total. The van der Waals surface area contributed by atoms with Crippen LogP contribution in [0.25, 0.3) is 0 Å². The number of carbonyl (C=O) groups excluding carboxylic acids is 1. The van der Waals surface area contributed by atoms with Crippen LogP contribution in [0.1, 0.15) is 23.4 Å². The number of halogens is 3. The van der Waals surface area contributed by atoms with Crippen molar-refractivity contribution in [2.24, 2.45) is 0 Å². The van der Waals surface area contributed by atoms with E-state index < -0.39 is 9.84 Å². The summed E-state index contributed by atoms with van der Waals surface area (Å²) in [7, 11) is -3.16. The van der Waals surface area contributed by atoms with Crippen molar-refractivity contribution < 1.29 is 13.2 Å². The predicted molar refractivity (Wildman–Crippen MR) is 149 cm³/mol. The first-order valence-corrected chi connectivity index (χ1v) is 13.6. The van der Waals surface area contributed by atoms with E-state index in [1.807, 2.05) is 33.9 Å². The first-order chi connectivity index (χ1) is 16.7. The Hall–Kier alpha value is -2.61. The highest BCUT2D eigenvalue weighted by molar-refractivity contribution is 7.90. The van der Waals surface area contributed by atoms with Crippen LogP contribution in [0.2, 0.25) is 5.02 Å². The van der Waals surface area contributed by atoms with Crippen LogP contribution in [-0.2, 0) is 27.7 Å². The van der Waals surface area contributed by atoms with E-state index in [0.29, 0.717) is 42.3 Å². The molecular formula is C25H28Cl3N5O3S. The Morgan fingerprint density at radius 3 is 2.51 bits per heavy atom. The summed E-state index contributed by atoms with van der Waals surface area (Å²) >= 11 is 6.14. The predicted octanol–water partition coefficient (Wildman–Crippen LogP) is 3.95. The van der Waals surface area contributed by atoms with Crippen LogP contribution in [0.4, 0.5) is 5.69 Å². The lowest BCUT2D eigenvalue weighted by molar-refractivity contribution is -0.122. The molecule has 198 valence electrons. The van der Waals surface area contributed by atoms with E-state index in [0.717, 1.165) is 11.4 Å². The summed E-state index contributed by atoms with van der Waals surface area (Å²) in [6.45, 7) is 1.49. The first-order valence-electron chi connectivity index (χ1n) is 11.2. The topological polar surface area (TPSA) is 99.3 Å². The number of rotatable bonds is 8. The van der Waals surface area contributed by atoms with Gasteiger partial charge in [0.2, 0.25) is 5.91 Å². The molecule has 1 amide bonds. The van der Waals surface area contributed by atoms with Crippen molar-refractivity contribution >= 4 is 57.8 Å². The summed E-state index contributed by atoms with van der Waals surface area (Å²) in [5.74, 6) is 0.738. The number of sulfone groups is 1. The Balaban J connectivity index is 0.00000241. The van der Waals surface area contributed by atoms with Gasteiger partial charge in [0.15, 0.2) is 0 Å². The van der Waals surface area contributed by atoms with Crippen molar-refractivity contribution in [3.05, 3.63) is 82.9 Å². The molecule has 1 aliphatic rings. The van der Waals surface area contributed by atoms with Gasteiger partial charge in [0, 0.05) is 48.5 Å². The number of amides is 1. The van der Waals surface area contributed by atoms with Gasteiger partial charge in [-0.25, -0.2) is 13.4 Å². The normalized spacial score (nSPS) is 16.0. The lowest BCUT2D eigenvalue weighted by atomic mass is 10.1. The highest BCUT2D eigenvalue weighted by Crippen LogP contribution is 2.25. The van der Waals surface area contributed by atoms with Crippen molar-refractivity contribution in [2.75, 3.05) is 30.0 Å². The van der Waals surface area contributed by atoms with Gasteiger partial charge in [-0.1, -0.05) is 29.8 Å². The van der Waals surface area contributed by atoms with Crippen LogP contribution in [0, 0.1) is 11.3 Å². The second-order valence-electron chi connectivity index (χ2n) is 8.74. The van der Waals surface area contributed by atoms with Crippen LogP contribution >= 0.6 is 36.4 Å². The Morgan fingerprint density at radius 2 is 1.86 bits per heavy atom. The Labute approximate surface area is 234 Å². The minimum Gasteiger partial charge on any atom is -0.329 e. The van der Waals surface area contributed by atoms with Gasteiger partial charge in [-0.2, -0.15) is 5.26 Å². The van der Waals surface area contributed by atoms with Gasteiger partial charge >= 0.3 is 0 Å². The first kappa shape index (κ1) is 30.6. The number of anilines is 1. The van der Waals surface area contributed by atoms with E-state index in [-0.39, 0.29) is 49.1 Å². The molecule has 0 bridgehead atoms. The lowest BCUT2D eigenvalue weighted by Crippen LogP contribution is -2.56. The van der Waals surface area contributed by atoms with Crippen LogP contribution in [0.15, 0.2) is 60.9 Å². The summed E-state index contributed by atoms with van der Waals surface area (Å²) in [5.41, 5.74) is 2.33. The molecule has 1 saturated heterocycles. The maximum atomic E-state index is 13.1. The monoisotopic (exact) mass is 583 g/mol. The number of imidazole rings is 1. The quantitative estimate of drug-likeness (QED) is 0.398. The Kier molecular flexibility index (Phi) is 11.0. The highest BCUT2D eigenvalue weighted by atomic mass is 35.5. The van der Waals surface area contributed by atoms with Crippen molar-refractivity contribution in [3.63, 3.8) is 0 Å². The number of hydrogen-bond acceptors (Lipinski definition) is 6. The van der Waals surface area contributed by atoms with E-state index in [2.05, 4.69) is 11.1 Å². The van der Waals surface area contributed by atoms with Gasteiger partial charge in [0.25, 0.3) is 0 Å². The zero-order valence-electron chi connectivity index (χ0n) is 20.2.